The van der Waals surface area contributed by atoms with Gasteiger partial charge in [-0.15, -0.1) is 0 Å². The van der Waals surface area contributed by atoms with Crippen molar-refractivity contribution in [3.63, 3.8) is 0 Å². The smallest absolute Gasteiger partial charge is 0.260 e. The van der Waals surface area contributed by atoms with Gasteiger partial charge < -0.3 is 5.32 Å². The lowest BCUT2D eigenvalue weighted by atomic mass is 10.2. The first-order chi connectivity index (χ1) is 14.0. The Morgan fingerprint density at radius 2 is 1.97 bits per heavy atom. The highest BCUT2D eigenvalue weighted by Crippen LogP contribution is 2.19. The highest BCUT2D eigenvalue weighted by Gasteiger charge is 2.18. The number of nitrogens with one attached hydrogen (secondary N) is 1. The molecule has 0 unspecified atom stereocenters. The minimum absolute atomic E-state index is 0.295. The second-order valence-electron chi connectivity index (χ2n) is 6.47. The lowest BCUT2D eigenvalue weighted by molar-refractivity contribution is 0.102. The van der Waals surface area contributed by atoms with Crippen molar-refractivity contribution < 1.29 is 9.18 Å². The maximum absolute atomic E-state index is 14.1. The zero-order valence-electron chi connectivity index (χ0n) is 15.5. The van der Waals surface area contributed by atoms with E-state index in [1.165, 1.54) is 16.9 Å². The van der Waals surface area contributed by atoms with Crippen molar-refractivity contribution in [3.8, 4) is 5.69 Å². The molecule has 4 rings (SSSR count). The highest BCUT2D eigenvalue weighted by atomic mass is 79.9. The summed E-state index contributed by atoms with van der Waals surface area (Å²) in [5, 5.41) is 11.3. The highest BCUT2D eigenvalue weighted by molar-refractivity contribution is 9.10. The number of carbonyl (C=O) groups is 1. The van der Waals surface area contributed by atoms with E-state index in [9.17, 15) is 9.18 Å². The number of amides is 1. The summed E-state index contributed by atoms with van der Waals surface area (Å²) in [6.45, 7) is 2.24. The Bertz CT molecular complexity index is 1180. The van der Waals surface area contributed by atoms with Gasteiger partial charge >= 0.3 is 0 Å². The summed E-state index contributed by atoms with van der Waals surface area (Å²) in [5.41, 5.74) is 2.25. The van der Waals surface area contributed by atoms with Gasteiger partial charge in [0.25, 0.3) is 5.91 Å². The van der Waals surface area contributed by atoms with Gasteiger partial charge in [0.2, 0.25) is 0 Å². The van der Waals surface area contributed by atoms with Crippen LogP contribution in [0.2, 0.25) is 0 Å². The van der Waals surface area contributed by atoms with Gasteiger partial charge in [-0.05, 0) is 36.8 Å². The van der Waals surface area contributed by atoms with E-state index in [4.69, 9.17) is 0 Å². The van der Waals surface area contributed by atoms with Crippen molar-refractivity contribution in [3.05, 3.63) is 94.1 Å². The quantitative estimate of drug-likeness (QED) is 0.480. The zero-order valence-corrected chi connectivity index (χ0v) is 17.1. The van der Waals surface area contributed by atoms with Gasteiger partial charge in [0.1, 0.15) is 17.3 Å². The first-order valence-corrected chi connectivity index (χ1v) is 9.69. The molecule has 2 aromatic heterocycles. The van der Waals surface area contributed by atoms with Gasteiger partial charge in [-0.3, -0.25) is 4.79 Å². The summed E-state index contributed by atoms with van der Waals surface area (Å²) in [6.07, 6.45) is 3.06. The molecule has 0 aliphatic heterocycles. The molecule has 0 aliphatic rings. The van der Waals surface area contributed by atoms with E-state index in [1.54, 1.807) is 42.1 Å². The normalized spacial score (nSPS) is 10.9. The molecule has 0 radical (unpaired) electrons. The summed E-state index contributed by atoms with van der Waals surface area (Å²) in [6, 6.07) is 15.9. The molecule has 0 bridgehead atoms. The Labute approximate surface area is 175 Å². The molecule has 0 atom stereocenters. The Morgan fingerprint density at radius 1 is 1.14 bits per heavy atom. The number of hydrogen-bond acceptors (Lipinski definition) is 3. The molecule has 2 heterocycles. The van der Waals surface area contributed by atoms with Crippen LogP contribution in [0.25, 0.3) is 5.69 Å². The number of para-hydroxylation sites is 1. The fraction of sp³-hybridized carbons (Fsp3) is 0.0952. The summed E-state index contributed by atoms with van der Waals surface area (Å²) in [4.78, 5) is 12.8. The van der Waals surface area contributed by atoms with Crippen LogP contribution in [-0.4, -0.2) is 25.5 Å². The van der Waals surface area contributed by atoms with E-state index in [1.807, 2.05) is 24.3 Å². The number of nitrogens with zero attached hydrogens (tertiary/aromatic N) is 4. The Hall–Kier alpha value is -3.26. The lowest BCUT2D eigenvalue weighted by Gasteiger charge is -2.10. The number of halogens is 2. The lowest BCUT2D eigenvalue weighted by Crippen LogP contribution is -2.17. The van der Waals surface area contributed by atoms with Gasteiger partial charge in [0.15, 0.2) is 0 Å². The van der Waals surface area contributed by atoms with Gasteiger partial charge in [-0.2, -0.15) is 10.2 Å². The third-order valence-electron chi connectivity index (χ3n) is 4.51. The Balaban J connectivity index is 1.56. The number of hydrogen-bond donors (Lipinski definition) is 1. The molecular weight excluding hydrogens is 437 g/mol. The molecule has 0 spiro atoms. The standard InChI is InChI=1S/C21H17BrFN5O/c1-14-17(12-25-28(14)19-8-3-2-7-18(19)23)21(29)26-20-9-10-24-27(20)13-15-5-4-6-16(22)11-15/h2-12H,13H2,1H3,(H,26,29). The average Bonchev–Trinajstić information content (AvgIpc) is 3.29. The second kappa shape index (κ2) is 8.00. The van der Waals surface area contributed by atoms with Crippen LogP contribution in [0.5, 0.6) is 0 Å². The predicted octanol–water partition coefficient (Wildman–Crippen LogP) is 4.58. The molecule has 4 aromatic rings. The second-order valence-corrected chi connectivity index (χ2v) is 7.38. The minimum atomic E-state index is -0.405. The zero-order chi connectivity index (χ0) is 20.4. The van der Waals surface area contributed by atoms with Gasteiger partial charge in [-0.25, -0.2) is 13.8 Å². The fourth-order valence-corrected chi connectivity index (χ4v) is 3.50. The van der Waals surface area contributed by atoms with Crippen molar-refractivity contribution in [1.82, 2.24) is 19.6 Å². The molecule has 8 heteroatoms. The van der Waals surface area contributed by atoms with E-state index in [2.05, 4.69) is 31.4 Å². The summed E-state index contributed by atoms with van der Waals surface area (Å²) in [7, 11) is 0. The van der Waals surface area contributed by atoms with Crippen LogP contribution in [0.15, 0.2) is 71.5 Å². The van der Waals surface area contributed by atoms with Crippen LogP contribution in [0.1, 0.15) is 21.6 Å². The van der Waals surface area contributed by atoms with E-state index < -0.39 is 5.82 Å². The molecule has 0 saturated heterocycles. The Morgan fingerprint density at radius 3 is 2.76 bits per heavy atom. The molecule has 6 nitrogen and oxygen atoms in total. The molecule has 0 saturated carbocycles. The van der Waals surface area contributed by atoms with E-state index >= 15 is 0 Å². The van der Waals surface area contributed by atoms with Crippen LogP contribution in [0.4, 0.5) is 10.2 Å². The van der Waals surface area contributed by atoms with Gasteiger partial charge in [-0.1, -0.05) is 40.2 Å². The minimum Gasteiger partial charge on any atom is -0.307 e. The van der Waals surface area contributed by atoms with Crippen LogP contribution in [0, 0.1) is 12.7 Å². The van der Waals surface area contributed by atoms with Crippen molar-refractivity contribution >= 4 is 27.7 Å². The van der Waals surface area contributed by atoms with Gasteiger partial charge in [0.05, 0.1) is 30.2 Å². The first kappa shape index (κ1) is 19.1. The average molecular weight is 454 g/mol. The van der Waals surface area contributed by atoms with Crippen molar-refractivity contribution in [1.29, 1.82) is 0 Å². The monoisotopic (exact) mass is 453 g/mol. The molecule has 1 amide bonds. The molecular formula is C21H17BrFN5O. The number of benzene rings is 2. The summed E-state index contributed by atoms with van der Waals surface area (Å²) >= 11 is 3.45. The van der Waals surface area contributed by atoms with Crippen LogP contribution in [0.3, 0.4) is 0 Å². The largest absolute Gasteiger partial charge is 0.307 e. The SMILES string of the molecule is Cc1c(C(=O)Nc2ccnn2Cc2cccc(Br)c2)cnn1-c1ccccc1F. The molecule has 29 heavy (non-hydrogen) atoms. The van der Waals surface area contributed by atoms with E-state index in [0.29, 0.717) is 29.3 Å². The molecule has 0 aliphatic carbocycles. The van der Waals surface area contributed by atoms with Crippen molar-refractivity contribution in [2.45, 2.75) is 13.5 Å². The van der Waals surface area contributed by atoms with Gasteiger partial charge in [0, 0.05) is 10.5 Å². The maximum atomic E-state index is 14.1. The summed E-state index contributed by atoms with van der Waals surface area (Å²) in [5.74, 6) is -0.174. The fourth-order valence-electron chi connectivity index (χ4n) is 3.06. The van der Waals surface area contributed by atoms with Crippen LogP contribution >= 0.6 is 15.9 Å². The van der Waals surface area contributed by atoms with Crippen molar-refractivity contribution in [2.75, 3.05) is 5.32 Å². The van der Waals surface area contributed by atoms with E-state index in [-0.39, 0.29) is 5.91 Å². The van der Waals surface area contributed by atoms with Crippen LogP contribution in [-0.2, 0) is 6.54 Å². The number of rotatable bonds is 5. The number of anilines is 1. The summed E-state index contributed by atoms with van der Waals surface area (Å²) < 4.78 is 18.2. The molecule has 0 fully saturated rings. The van der Waals surface area contributed by atoms with Crippen molar-refractivity contribution in [2.24, 2.45) is 0 Å². The third-order valence-corrected chi connectivity index (χ3v) is 5.01. The van der Waals surface area contributed by atoms with E-state index in [0.717, 1.165) is 10.0 Å². The maximum Gasteiger partial charge on any atom is 0.260 e. The topological polar surface area (TPSA) is 64.7 Å². The predicted molar refractivity (Wildman–Crippen MR) is 112 cm³/mol. The Kier molecular flexibility index (Phi) is 5.26. The molecule has 1 N–H and O–H groups in total. The first-order valence-electron chi connectivity index (χ1n) is 8.90. The van der Waals surface area contributed by atoms with Crippen LogP contribution < -0.4 is 5.32 Å². The third kappa shape index (κ3) is 3.97. The molecule has 146 valence electrons. The molecule has 2 aromatic carbocycles. The number of carbonyl (C=O) groups excluding carboxylic acids is 1. The number of aromatic nitrogens is 4.